The SMILES string of the molecule is CCc1nc2ccc(C(=O)O)cc2n1CCC(C)SC. The van der Waals surface area contributed by atoms with Crippen molar-refractivity contribution in [3.8, 4) is 0 Å². The highest BCUT2D eigenvalue weighted by Gasteiger charge is 2.13. The van der Waals surface area contributed by atoms with Crippen LogP contribution in [0.25, 0.3) is 11.0 Å². The molecule has 0 aliphatic heterocycles. The Balaban J connectivity index is 2.42. The third-order valence-corrected chi connectivity index (χ3v) is 4.59. The number of carbonyl (C=O) groups is 1. The predicted octanol–water partition coefficient (Wildman–Crippen LogP) is 3.44. The molecule has 1 unspecified atom stereocenters. The van der Waals surface area contributed by atoms with Gasteiger partial charge in [0.2, 0.25) is 0 Å². The first-order valence-electron chi connectivity index (χ1n) is 6.82. The molecule has 0 aliphatic carbocycles. The number of nitrogens with zero attached hydrogens (tertiary/aromatic N) is 2. The van der Waals surface area contributed by atoms with E-state index >= 15 is 0 Å². The van der Waals surface area contributed by atoms with Crippen LogP contribution in [0, 0.1) is 0 Å². The quantitative estimate of drug-likeness (QED) is 0.886. The summed E-state index contributed by atoms with van der Waals surface area (Å²) >= 11 is 1.85. The number of carboxylic acids is 1. The molecule has 0 aliphatic rings. The molecule has 0 spiro atoms. The first kappa shape index (κ1) is 14.9. The summed E-state index contributed by atoms with van der Waals surface area (Å²) in [6.07, 6.45) is 4.02. The fourth-order valence-corrected chi connectivity index (χ4v) is 2.59. The Labute approximate surface area is 123 Å². The number of fused-ring (bicyclic) bond motifs is 1. The Morgan fingerprint density at radius 3 is 2.85 bits per heavy atom. The van der Waals surface area contributed by atoms with Gasteiger partial charge >= 0.3 is 5.97 Å². The molecule has 2 aromatic rings. The second-order valence-electron chi connectivity index (χ2n) is 4.88. The van der Waals surface area contributed by atoms with Crippen LogP contribution < -0.4 is 0 Å². The maximum absolute atomic E-state index is 11.1. The molecule has 0 saturated heterocycles. The van der Waals surface area contributed by atoms with Gasteiger partial charge < -0.3 is 9.67 Å². The zero-order valence-corrected chi connectivity index (χ0v) is 12.9. The molecule has 4 nitrogen and oxygen atoms in total. The van der Waals surface area contributed by atoms with Gasteiger partial charge in [0.05, 0.1) is 16.6 Å². The highest BCUT2D eigenvalue weighted by Crippen LogP contribution is 2.21. The Morgan fingerprint density at radius 1 is 1.50 bits per heavy atom. The summed E-state index contributed by atoms with van der Waals surface area (Å²) in [6.45, 7) is 5.16. The number of carboxylic acid groups (broad SMARTS) is 1. The third kappa shape index (κ3) is 2.98. The van der Waals surface area contributed by atoms with Crippen LogP contribution >= 0.6 is 11.8 Å². The second kappa shape index (κ2) is 6.31. The Bertz CT molecular complexity index is 622. The first-order chi connectivity index (χ1) is 9.56. The minimum Gasteiger partial charge on any atom is -0.478 e. The highest BCUT2D eigenvalue weighted by atomic mass is 32.2. The molecule has 2 rings (SSSR count). The summed E-state index contributed by atoms with van der Waals surface area (Å²) in [7, 11) is 0. The van der Waals surface area contributed by atoms with E-state index in [0.717, 1.165) is 36.2 Å². The van der Waals surface area contributed by atoms with Crippen molar-refractivity contribution in [3.05, 3.63) is 29.6 Å². The first-order valence-corrected chi connectivity index (χ1v) is 8.10. The molecule has 1 aromatic heterocycles. The van der Waals surface area contributed by atoms with Crippen LogP contribution in [0.5, 0.6) is 0 Å². The smallest absolute Gasteiger partial charge is 0.335 e. The lowest BCUT2D eigenvalue weighted by atomic mass is 10.2. The number of aromatic carboxylic acids is 1. The van der Waals surface area contributed by atoms with Crippen molar-refractivity contribution >= 4 is 28.8 Å². The average Bonchev–Trinajstić information content (AvgIpc) is 2.81. The standard InChI is InChI=1S/C15H20N2O2S/c1-4-14-16-12-6-5-11(15(18)19)9-13(12)17(14)8-7-10(2)20-3/h5-6,9-10H,4,7-8H2,1-3H3,(H,18,19). The Morgan fingerprint density at radius 2 is 2.25 bits per heavy atom. The van der Waals surface area contributed by atoms with Crippen LogP contribution in [-0.4, -0.2) is 32.1 Å². The van der Waals surface area contributed by atoms with E-state index in [0.29, 0.717) is 10.8 Å². The number of aryl methyl sites for hydroxylation is 2. The molecule has 5 heteroatoms. The van der Waals surface area contributed by atoms with Gasteiger partial charge in [0, 0.05) is 18.2 Å². The van der Waals surface area contributed by atoms with E-state index in [1.54, 1.807) is 18.2 Å². The van der Waals surface area contributed by atoms with E-state index in [1.807, 2.05) is 11.8 Å². The van der Waals surface area contributed by atoms with Gasteiger partial charge in [-0.25, -0.2) is 9.78 Å². The zero-order valence-electron chi connectivity index (χ0n) is 12.1. The minimum atomic E-state index is -0.893. The molecule has 0 radical (unpaired) electrons. The summed E-state index contributed by atoms with van der Waals surface area (Å²) in [5.74, 6) is 0.131. The van der Waals surface area contributed by atoms with E-state index in [4.69, 9.17) is 5.11 Å². The van der Waals surface area contributed by atoms with E-state index in [9.17, 15) is 4.79 Å². The minimum absolute atomic E-state index is 0.319. The normalized spacial score (nSPS) is 12.8. The van der Waals surface area contributed by atoms with Gasteiger partial charge in [-0.15, -0.1) is 0 Å². The number of aromatic nitrogens is 2. The molecular formula is C15H20N2O2S. The van der Waals surface area contributed by atoms with Crippen LogP contribution in [0.4, 0.5) is 0 Å². The number of thioether (sulfide) groups is 1. The van der Waals surface area contributed by atoms with Crippen molar-refractivity contribution in [1.82, 2.24) is 9.55 Å². The number of imidazole rings is 1. The number of benzene rings is 1. The molecule has 0 fully saturated rings. The topological polar surface area (TPSA) is 55.1 Å². The molecule has 0 bridgehead atoms. The zero-order chi connectivity index (χ0) is 14.7. The predicted molar refractivity (Wildman–Crippen MR) is 83.7 cm³/mol. The van der Waals surface area contributed by atoms with E-state index < -0.39 is 5.97 Å². The molecule has 1 aromatic carbocycles. The number of rotatable bonds is 6. The van der Waals surface area contributed by atoms with Crippen molar-refractivity contribution in [2.75, 3.05) is 6.26 Å². The van der Waals surface area contributed by atoms with Crippen LogP contribution in [-0.2, 0) is 13.0 Å². The molecule has 1 N–H and O–H groups in total. The summed E-state index contributed by atoms with van der Waals surface area (Å²) in [4.78, 5) is 15.7. The Hall–Kier alpha value is -1.49. The van der Waals surface area contributed by atoms with Crippen LogP contribution in [0.2, 0.25) is 0 Å². The maximum atomic E-state index is 11.1. The van der Waals surface area contributed by atoms with E-state index in [2.05, 4.69) is 29.7 Å². The van der Waals surface area contributed by atoms with Crippen LogP contribution in [0.1, 0.15) is 36.5 Å². The Kier molecular flexibility index (Phi) is 4.70. The molecular weight excluding hydrogens is 272 g/mol. The molecule has 0 saturated carbocycles. The van der Waals surface area contributed by atoms with Crippen LogP contribution in [0.15, 0.2) is 18.2 Å². The van der Waals surface area contributed by atoms with Crippen molar-refractivity contribution in [3.63, 3.8) is 0 Å². The molecule has 108 valence electrons. The summed E-state index contributed by atoms with van der Waals surface area (Å²) in [5.41, 5.74) is 2.12. The van der Waals surface area contributed by atoms with Crippen molar-refractivity contribution < 1.29 is 9.90 Å². The summed E-state index contributed by atoms with van der Waals surface area (Å²) in [6, 6.07) is 5.14. The molecule has 20 heavy (non-hydrogen) atoms. The van der Waals surface area contributed by atoms with Crippen molar-refractivity contribution in [1.29, 1.82) is 0 Å². The second-order valence-corrected chi connectivity index (χ2v) is 6.15. The van der Waals surface area contributed by atoms with Gasteiger partial charge in [-0.1, -0.05) is 13.8 Å². The van der Waals surface area contributed by atoms with Crippen molar-refractivity contribution in [2.24, 2.45) is 0 Å². The lowest BCUT2D eigenvalue weighted by Crippen LogP contribution is -2.08. The van der Waals surface area contributed by atoms with Gasteiger partial charge in [-0.2, -0.15) is 11.8 Å². The van der Waals surface area contributed by atoms with E-state index in [1.165, 1.54) is 0 Å². The largest absolute Gasteiger partial charge is 0.478 e. The monoisotopic (exact) mass is 292 g/mol. The van der Waals surface area contributed by atoms with Crippen LogP contribution in [0.3, 0.4) is 0 Å². The molecule has 0 amide bonds. The molecule has 1 atom stereocenters. The highest BCUT2D eigenvalue weighted by molar-refractivity contribution is 7.99. The number of hydrogen-bond acceptors (Lipinski definition) is 3. The third-order valence-electron chi connectivity index (χ3n) is 3.55. The fraction of sp³-hybridized carbons (Fsp3) is 0.467. The van der Waals surface area contributed by atoms with Gasteiger partial charge in [-0.3, -0.25) is 0 Å². The summed E-state index contributed by atoms with van der Waals surface area (Å²) < 4.78 is 2.16. The van der Waals surface area contributed by atoms with Gasteiger partial charge in [0.25, 0.3) is 0 Å². The maximum Gasteiger partial charge on any atom is 0.335 e. The van der Waals surface area contributed by atoms with Gasteiger partial charge in [0.15, 0.2) is 0 Å². The molecule has 1 heterocycles. The van der Waals surface area contributed by atoms with Gasteiger partial charge in [-0.05, 0) is 30.9 Å². The number of hydrogen-bond donors (Lipinski definition) is 1. The lowest BCUT2D eigenvalue weighted by Gasteiger charge is -2.11. The van der Waals surface area contributed by atoms with E-state index in [-0.39, 0.29) is 0 Å². The average molecular weight is 292 g/mol. The van der Waals surface area contributed by atoms with Gasteiger partial charge in [0.1, 0.15) is 5.82 Å². The van der Waals surface area contributed by atoms with Crippen molar-refractivity contribution in [2.45, 2.75) is 38.5 Å². The fourth-order valence-electron chi connectivity index (χ4n) is 2.25. The summed E-state index contributed by atoms with van der Waals surface area (Å²) in [5, 5.41) is 9.71. The lowest BCUT2D eigenvalue weighted by molar-refractivity contribution is 0.0697.